The fourth-order valence-electron chi connectivity index (χ4n) is 3.27. The van der Waals surface area contributed by atoms with E-state index in [1.165, 1.54) is 17.8 Å². The maximum absolute atomic E-state index is 12.6. The largest absolute Gasteiger partial charge is 0.348 e. The molecule has 2 amide bonds. The van der Waals surface area contributed by atoms with Crippen LogP contribution < -0.4 is 10.6 Å². The Labute approximate surface area is 161 Å². The van der Waals surface area contributed by atoms with Gasteiger partial charge in [0.25, 0.3) is 5.91 Å². The van der Waals surface area contributed by atoms with Gasteiger partial charge in [0.2, 0.25) is 5.91 Å². The van der Waals surface area contributed by atoms with Crippen LogP contribution in [0.4, 0.5) is 11.4 Å². The van der Waals surface area contributed by atoms with Gasteiger partial charge >= 0.3 is 5.69 Å². The third-order valence-electron chi connectivity index (χ3n) is 4.69. The molecular formula is C17H23N7O4. The molecule has 11 nitrogen and oxygen atoms in total. The van der Waals surface area contributed by atoms with Crippen LogP contribution in [-0.4, -0.2) is 42.3 Å². The maximum atomic E-state index is 12.6. The smallest absolute Gasteiger partial charge is 0.309 e. The van der Waals surface area contributed by atoms with Crippen LogP contribution in [0.1, 0.15) is 48.8 Å². The molecule has 11 heteroatoms. The molecule has 0 aromatic carbocycles. The summed E-state index contributed by atoms with van der Waals surface area (Å²) in [4.78, 5) is 35.3. The Morgan fingerprint density at radius 2 is 1.96 bits per heavy atom. The molecule has 1 aliphatic carbocycles. The van der Waals surface area contributed by atoms with E-state index in [2.05, 4.69) is 20.8 Å². The average molecular weight is 389 g/mol. The third kappa shape index (κ3) is 4.35. The lowest BCUT2D eigenvalue weighted by Crippen LogP contribution is -2.33. The summed E-state index contributed by atoms with van der Waals surface area (Å²) in [5.41, 5.74) is 0.543. The van der Waals surface area contributed by atoms with Gasteiger partial charge in [0, 0.05) is 18.8 Å². The summed E-state index contributed by atoms with van der Waals surface area (Å²) in [6, 6.07) is 0.135. The van der Waals surface area contributed by atoms with Crippen molar-refractivity contribution in [1.29, 1.82) is 0 Å². The minimum Gasteiger partial charge on any atom is -0.348 e. The van der Waals surface area contributed by atoms with Gasteiger partial charge in [-0.3, -0.25) is 29.1 Å². The number of nitro groups is 1. The fraction of sp³-hybridized carbons (Fsp3) is 0.529. The van der Waals surface area contributed by atoms with E-state index in [4.69, 9.17) is 0 Å². The lowest BCUT2D eigenvalue weighted by molar-refractivity contribution is -0.385. The van der Waals surface area contributed by atoms with Gasteiger partial charge in [-0.25, -0.2) is 0 Å². The molecule has 0 saturated heterocycles. The number of anilines is 1. The second-order valence-electron chi connectivity index (χ2n) is 6.80. The first-order valence-electron chi connectivity index (χ1n) is 9.24. The number of nitrogens with one attached hydrogen (secondary N) is 2. The SMILES string of the molecule is CCn1cc(NC(=O)Cn2cc([N+](=O)[O-])c(C)n2)c(C(=O)NC2CCCC2)n1. The monoisotopic (exact) mass is 389 g/mol. The lowest BCUT2D eigenvalue weighted by Gasteiger charge is -2.11. The Hall–Kier alpha value is -3.24. The highest BCUT2D eigenvalue weighted by Gasteiger charge is 2.23. The molecular weight excluding hydrogens is 366 g/mol. The van der Waals surface area contributed by atoms with Gasteiger partial charge in [-0.1, -0.05) is 12.8 Å². The molecule has 0 bridgehead atoms. The van der Waals surface area contributed by atoms with E-state index in [0.717, 1.165) is 25.7 Å². The Kier molecular flexibility index (Phi) is 5.71. The van der Waals surface area contributed by atoms with E-state index in [9.17, 15) is 19.7 Å². The minimum atomic E-state index is -0.548. The molecule has 2 aromatic heterocycles. The number of carbonyl (C=O) groups is 2. The highest BCUT2D eigenvalue weighted by Crippen LogP contribution is 2.20. The number of carbonyl (C=O) groups excluding carboxylic acids is 2. The summed E-state index contributed by atoms with van der Waals surface area (Å²) in [6.45, 7) is 3.71. The van der Waals surface area contributed by atoms with E-state index < -0.39 is 10.8 Å². The zero-order valence-electron chi connectivity index (χ0n) is 15.8. The zero-order chi connectivity index (χ0) is 20.3. The van der Waals surface area contributed by atoms with Gasteiger partial charge in [0.1, 0.15) is 18.4 Å². The molecule has 1 fully saturated rings. The number of aryl methyl sites for hydroxylation is 2. The molecule has 0 spiro atoms. The standard InChI is InChI=1S/C17H23N7O4/c1-3-22-8-13(16(21-22)17(26)18-12-6-4-5-7-12)19-15(25)10-23-9-14(24(27)28)11(2)20-23/h8-9,12H,3-7,10H2,1-2H3,(H,18,26)(H,19,25). The van der Waals surface area contributed by atoms with Crippen LogP contribution in [0.2, 0.25) is 0 Å². The first kappa shape index (κ1) is 19.5. The highest BCUT2D eigenvalue weighted by molar-refractivity contribution is 6.02. The van der Waals surface area contributed by atoms with E-state index in [1.807, 2.05) is 6.92 Å². The molecule has 3 rings (SSSR count). The third-order valence-corrected chi connectivity index (χ3v) is 4.69. The lowest BCUT2D eigenvalue weighted by atomic mass is 10.2. The van der Waals surface area contributed by atoms with Gasteiger partial charge in [0.15, 0.2) is 5.69 Å². The van der Waals surface area contributed by atoms with E-state index in [-0.39, 0.29) is 35.6 Å². The predicted octanol–water partition coefficient (Wildman–Crippen LogP) is 1.63. The molecule has 28 heavy (non-hydrogen) atoms. The molecule has 150 valence electrons. The van der Waals surface area contributed by atoms with Crippen LogP contribution in [0, 0.1) is 17.0 Å². The molecule has 2 heterocycles. The van der Waals surface area contributed by atoms with Crippen molar-refractivity contribution in [3.63, 3.8) is 0 Å². The van der Waals surface area contributed by atoms with Crippen molar-refractivity contribution < 1.29 is 14.5 Å². The van der Waals surface area contributed by atoms with Gasteiger partial charge in [-0.05, 0) is 26.7 Å². The quantitative estimate of drug-likeness (QED) is 0.545. The number of aromatic nitrogens is 4. The van der Waals surface area contributed by atoms with E-state index in [1.54, 1.807) is 10.9 Å². The van der Waals surface area contributed by atoms with Gasteiger partial charge in [0.05, 0.1) is 10.6 Å². The average Bonchev–Trinajstić information content (AvgIpc) is 3.35. The zero-order valence-corrected chi connectivity index (χ0v) is 15.8. The Bertz CT molecular complexity index is 895. The van der Waals surface area contributed by atoms with Crippen LogP contribution in [0.15, 0.2) is 12.4 Å². The number of nitrogens with zero attached hydrogens (tertiary/aromatic N) is 5. The molecule has 1 aliphatic rings. The van der Waals surface area contributed by atoms with Crippen LogP contribution in [-0.2, 0) is 17.9 Å². The summed E-state index contributed by atoms with van der Waals surface area (Å²) < 4.78 is 2.77. The Morgan fingerprint density at radius 3 is 2.57 bits per heavy atom. The Balaban J connectivity index is 1.71. The molecule has 2 aromatic rings. The maximum Gasteiger partial charge on any atom is 0.309 e. The van der Waals surface area contributed by atoms with Crippen molar-refractivity contribution in [3.8, 4) is 0 Å². The number of hydrogen-bond donors (Lipinski definition) is 2. The fourth-order valence-corrected chi connectivity index (χ4v) is 3.27. The first-order chi connectivity index (χ1) is 13.4. The van der Waals surface area contributed by atoms with Crippen molar-refractivity contribution in [1.82, 2.24) is 24.9 Å². The van der Waals surface area contributed by atoms with Crippen molar-refractivity contribution >= 4 is 23.2 Å². The molecule has 0 radical (unpaired) electrons. The van der Waals surface area contributed by atoms with Crippen molar-refractivity contribution in [2.75, 3.05) is 5.32 Å². The molecule has 0 atom stereocenters. The van der Waals surface area contributed by atoms with Crippen LogP contribution in [0.3, 0.4) is 0 Å². The van der Waals surface area contributed by atoms with E-state index in [0.29, 0.717) is 12.2 Å². The Morgan fingerprint density at radius 1 is 1.25 bits per heavy atom. The van der Waals surface area contributed by atoms with Crippen molar-refractivity contribution in [2.24, 2.45) is 0 Å². The first-order valence-corrected chi connectivity index (χ1v) is 9.24. The van der Waals surface area contributed by atoms with Crippen molar-refractivity contribution in [2.45, 2.75) is 58.7 Å². The normalized spacial score (nSPS) is 14.2. The molecule has 0 aliphatic heterocycles. The second kappa shape index (κ2) is 8.19. The summed E-state index contributed by atoms with van der Waals surface area (Å²) in [7, 11) is 0. The van der Waals surface area contributed by atoms with Crippen molar-refractivity contribution in [3.05, 3.63) is 33.9 Å². The second-order valence-corrected chi connectivity index (χ2v) is 6.80. The van der Waals surface area contributed by atoms with Gasteiger partial charge in [-0.2, -0.15) is 10.2 Å². The van der Waals surface area contributed by atoms with Crippen LogP contribution in [0.25, 0.3) is 0 Å². The number of rotatable bonds is 7. The highest BCUT2D eigenvalue weighted by atomic mass is 16.6. The molecule has 0 unspecified atom stereocenters. The van der Waals surface area contributed by atoms with E-state index >= 15 is 0 Å². The van der Waals surface area contributed by atoms with Crippen LogP contribution in [0.5, 0.6) is 0 Å². The molecule has 2 N–H and O–H groups in total. The van der Waals surface area contributed by atoms with Gasteiger partial charge < -0.3 is 10.6 Å². The van der Waals surface area contributed by atoms with Crippen LogP contribution >= 0.6 is 0 Å². The number of hydrogen-bond acceptors (Lipinski definition) is 6. The summed E-state index contributed by atoms with van der Waals surface area (Å²) in [5.74, 6) is -0.775. The minimum absolute atomic E-state index is 0.135. The number of amides is 2. The van der Waals surface area contributed by atoms with Gasteiger partial charge in [-0.15, -0.1) is 0 Å². The predicted molar refractivity (Wildman–Crippen MR) is 99.9 cm³/mol. The summed E-state index contributed by atoms with van der Waals surface area (Å²) >= 11 is 0. The summed E-state index contributed by atoms with van der Waals surface area (Å²) in [6.07, 6.45) is 6.87. The molecule has 1 saturated carbocycles. The summed E-state index contributed by atoms with van der Waals surface area (Å²) in [5, 5.41) is 24.8. The topological polar surface area (TPSA) is 137 Å².